The van der Waals surface area contributed by atoms with Crippen molar-refractivity contribution in [2.24, 2.45) is 16.6 Å². The lowest BCUT2D eigenvalue weighted by Gasteiger charge is -2.29. The van der Waals surface area contributed by atoms with Gasteiger partial charge in [0, 0.05) is 19.3 Å². The molecule has 1 unspecified atom stereocenters. The number of methoxy groups -OCH3 is 1. The Morgan fingerprint density at radius 2 is 1.38 bits per heavy atom. The van der Waals surface area contributed by atoms with Gasteiger partial charge in [0.15, 0.2) is 11.5 Å². The first-order valence-corrected chi connectivity index (χ1v) is 12.7. The van der Waals surface area contributed by atoms with E-state index in [1.807, 2.05) is 13.8 Å². The summed E-state index contributed by atoms with van der Waals surface area (Å²) in [6, 6.07) is 4.67. The number of benzene rings is 1. The molecule has 0 bridgehead atoms. The summed E-state index contributed by atoms with van der Waals surface area (Å²) in [6.07, 6.45) is 0.631. The Morgan fingerprint density at radius 3 is 1.84 bits per heavy atom. The van der Waals surface area contributed by atoms with E-state index in [1.54, 1.807) is 47.6 Å². The molecule has 208 valence electrons. The van der Waals surface area contributed by atoms with Crippen LogP contribution in [0.3, 0.4) is 0 Å². The molecule has 0 saturated heterocycles. The monoisotopic (exact) mass is 521 g/mol. The molecule has 0 radical (unpaired) electrons. The molecule has 0 saturated carbocycles. The molecule has 0 heterocycles. The largest absolute Gasteiger partial charge is 0.468 e. The molecule has 0 amide bonds. The molecule has 0 aromatic heterocycles. The van der Waals surface area contributed by atoms with Gasteiger partial charge < -0.3 is 24.7 Å². The predicted molar refractivity (Wildman–Crippen MR) is 139 cm³/mol. The maximum absolute atomic E-state index is 12.9. The summed E-state index contributed by atoms with van der Waals surface area (Å²) in [7, 11) is 1.23. The summed E-state index contributed by atoms with van der Waals surface area (Å²) < 4.78 is 21.6. The van der Waals surface area contributed by atoms with Gasteiger partial charge in [0.05, 0.1) is 17.9 Å². The maximum atomic E-state index is 12.9. The second kappa shape index (κ2) is 13.0. The van der Waals surface area contributed by atoms with Crippen molar-refractivity contribution >= 4 is 23.9 Å². The Labute approximate surface area is 220 Å². The summed E-state index contributed by atoms with van der Waals surface area (Å²) in [4.78, 5) is 50.0. The number of rotatable bonds is 13. The minimum atomic E-state index is -1.53. The standard InChI is InChI=1S/C28H43NO8/c1-10-22(30)35-18(4)16-28(29,25(33)34-9)17-19-13-14-20(36-23(31)26(5,6)11-2)21(15-19)37-24(32)27(7,8)12-3/h13-15,18H,10-12,16-17,29H2,1-9H3/t18-,28?/m0/s1. The van der Waals surface area contributed by atoms with Gasteiger partial charge in [-0.25, -0.2) is 0 Å². The van der Waals surface area contributed by atoms with Crippen molar-refractivity contribution in [3.05, 3.63) is 23.8 Å². The summed E-state index contributed by atoms with van der Waals surface area (Å²) in [5.41, 5.74) is 3.96. The van der Waals surface area contributed by atoms with Crippen LogP contribution in [0.2, 0.25) is 0 Å². The lowest BCUT2D eigenvalue weighted by Crippen LogP contribution is -2.53. The van der Waals surface area contributed by atoms with Gasteiger partial charge in [0.1, 0.15) is 11.6 Å². The van der Waals surface area contributed by atoms with E-state index in [2.05, 4.69) is 0 Å². The third-order valence-electron chi connectivity index (χ3n) is 6.67. The topological polar surface area (TPSA) is 131 Å². The highest BCUT2D eigenvalue weighted by Crippen LogP contribution is 2.35. The highest BCUT2D eigenvalue weighted by Gasteiger charge is 2.39. The second-order valence-corrected chi connectivity index (χ2v) is 10.7. The highest BCUT2D eigenvalue weighted by molar-refractivity contribution is 5.82. The van der Waals surface area contributed by atoms with Crippen molar-refractivity contribution in [3.63, 3.8) is 0 Å². The molecular formula is C28H43NO8. The Morgan fingerprint density at radius 1 is 0.865 bits per heavy atom. The van der Waals surface area contributed by atoms with Crippen LogP contribution >= 0.6 is 0 Å². The zero-order valence-electron chi connectivity index (χ0n) is 23.7. The first-order valence-electron chi connectivity index (χ1n) is 12.7. The number of ether oxygens (including phenoxy) is 4. The van der Waals surface area contributed by atoms with E-state index >= 15 is 0 Å². The number of nitrogens with two attached hydrogens (primary N) is 1. The molecular weight excluding hydrogens is 478 g/mol. The maximum Gasteiger partial charge on any atom is 0.326 e. The van der Waals surface area contributed by atoms with Crippen LogP contribution in [0.15, 0.2) is 18.2 Å². The number of carbonyl (C=O) groups excluding carboxylic acids is 4. The molecule has 0 aliphatic rings. The molecule has 2 N–H and O–H groups in total. The Kier molecular flexibility index (Phi) is 11.3. The quantitative estimate of drug-likeness (QED) is 0.294. The zero-order chi connectivity index (χ0) is 28.6. The number of esters is 4. The normalized spacial score (nSPS) is 14.2. The van der Waals surface area contributed by atoms with Crippen molar-refractivity contribution in [1.82, 2.24) is 0 Å². The van der Waals surface area contributed by atoms with Crippen LogP contribution in [0.4, 0.5) is 0 Å². The lowest BCUT2D eigenvalue weighted by molar-refractivity contribution is -0.154. The van der Waals surface area contributed by atoms with E-state index in [0.29, 0.717) is 18.4 Å². The number of hydrogen-bond acceptors (Lipinski definition) is 9. The van der Waals surface area contributed by atoms with Crippen molar-refractivity contribution in [2.45, 2.75) is 99.1 Å². The molecule has 0 fully saturated rings. The van der Waals surface area contributed by atoms with Crippen LogP contribution in [0.25, 0.3) is 0 Å². The van der Waals surface area contributed by atoms with E-state index in [-0.39, 0.29) is 30.8 Å². The third kappa shape index (κ3) is 8.84. The SMILES string of the molecule is CCC(=O)O[C@@H](C)CC(N)(Cc1ccc(OC(=O)C(C)(C)CC)c(OC(=O)C(C)(C)CC)c1)C(=O)OC. The molecule has 37 heavy (non-hydrogen) atoms. The predicted octanol–water partition coefficient (Wildman–Crippen LogP) is 4.51. The molecule has 9 nitrogen and oxygen atoms in total. The van der Waals surface area contributed by atoms with E-state index in [4.69, 9.17) is 24.7 Å². The van der Waals surface area contributed by atoms with Crippen LogP contribution in [0.5, 0.6) is 11.5 Å². The fourth-order valence-corrected chi connectivity index (χ4v) is 3.25. The average molecular weight is 522 g/mol. The fourth-order valence-electron chi connectivity index (χ4n) is 3.25. The van der Waals surface area contributed by atoms with E-state index in [9.17, 15) is 19.2 Å². The number of hydrogen-bond donors (Lipinski definition) is 1. The summed E-state index contributed by atoms with van der Waals surface area (Å²) in [6.45, 7) is 14.1. The van der Waals surface area contributed by atoms with Crippen LogP contribution < -0.4 is 15.2 Å². The smallest absolute Gasteiger partial charge is 0.326 e. The van der Waals surface area contributed by atoms with Crippen molar-refractivity contribution in [2.75, 3.05) is 7.11 Å². The van der Waals surface area contributed by atoms with E-state index in [0.717, 1.165) is 0 Å². The summed E-state index contributed by atoms with van der Waals surface area (Å²) in [5, 5.41) is 0. The van der Waals surface area contributed by atoms with Crippen molar-refractivity contribution < 1.29 is 38.1 Å². The van der Waals surface area contributed by atoms with Gasteiger partial charge in [-0.3, -0.25) is 19.2 Å². The van der Waals surface area contributed by atoms with Gasteiger partial charge in [-0.15, -0.1) is 0 Å². The van der Waals surface area contributed by atoms with Gasteiger partial charge in [-0.2, -0.15) is 0 Å². The molecule has 1 aromatic rings. The molecule has 2 atom stereocenters. The first kappa shape index (κ1) is 32.1. The van der Waals surface area contributed by atoms with Crippen LogP contribution in [-0.4, -0.2) is 42.6 Å². The van der Waals surface area contributed by atoms with E-state index < -0.39 is 46.4 Å². The minimum Gasteiger partial charge on any atom is -0.468 e. The first-order chi connectivity index (χ1) is 17.0. The van der Waals surface area contributed by atoms with Gasteiger partial charge in [0.25, 0.3) is 0 Å². The van der Waals surface area contributed by atoms with Crippen LogP contribution in [-0.2, 0) is 35.1 Å². The fraction of sp³-hybridized carbons (Fsp3) is 0.643. The lowest BCUT2D eigenvalue weighted by atomic mass is 9.86. The molecule has 0 spiro atoms. The Balaban J connectivity index is 3.42. The van der Waals surface area contributed by atoms with Gasteiger partial charge in [-0.05, 0) is 65.2 Å². The second-order valence-electron chi connectivity index (χ2n) is 10.7. The molecule has 0 aliphatic carbocycles. The van der Waals surface area contributed by atoms with Gasteiger partial charge in [-0.1, -0.05) is 26.8 Å². The average Bonchev–Trinajstić information content (AvgIpc) is 2.84. The zero-order valence-corrected chi connectivity index (χ0v) is 23.7. The Bertz CT molecular complexity index is 984. The third-order valence-corrected chi connectivity index (χ3v) is 6.67. The minimum absolute atomic E-state index is 0.00479. The molecule has 1 aromatic carbocycles. The number of carbonyl (C=O) groups is 4. The highest BCUT2D eigenvalue weighted by atomic mass is 16.6. The van der Waals surface area contributed by atoms with Crippen LogP contribution in [0, 0.1) is 10.8 Å². The summed E-state index contributed by atoms with van der Waals surface area (Å²) >= 11 is 0. The van der Waals surface area contributed by atoms with Crippen molar-refractivity contribution in [1.29, 1.82) is 0 Å². The summed E-state index contributed by atoms with van der Waals surface area (Å²) in [5.74, 6) is -1.93. The van der Waals surface area contributed by atoms with Crippen LogP contribution in [0.1, 0.15) is 86.6 Å². The van der Waals surface area contributed by atoms with Crippen molar-refractivity contribution in [3.8, 4) is 11.5 Å². The molecule has 1 rings (SSSR count). The molecule has 9 heteroatoms. The van der Waals surface area contributed by atoms with Gasteiger partial charge in [0.2, 0.25) is 0 Å². The van der Waals surface area contributed by atoms with E-state index in [1.165, 1.54) is 19.2 Å². The Hall–Kier alpha value is -2.94. The molecule has 0 aliphatic heterocycles. The van der Waals surface area contributed by atoms with Gasteiger partial charge >= 0.3 is 23.9 Å².